The normalized spacial score (nSPS) is 18.4. The molecule has 0 saturated heterocycles. The van der Waals surface area contributed by atoms with Crippen molar-refractivity contribution in [3.05, 3.63) is 22.4 Å². The van der Waals surface area contributed by atoms with E-state index < -0.39 is 0 Å². The summed E-state index contributed by atoms with van der Waals surface area (Å²) in [5.74, 6) is 0.959. The molecule has 0 unspecified atom stereocenters. The van der Waals surface area contributed by atoms with Gasteiger partial charge in [0.05, 0.1) is 11.6 Å². The molecule has 9 heavy (non-hydrogen) atoms. The summed E-state index contributed by atoms with van der Waals surface area (Å²) < 4.78 is 6.13. The van der Waals surface area contributed by atoms with Crippen LogP contribution in [0, 0.1) is 0 Å². The molecule has 0 amide bonds. The van der Waals surface area contributed by atoms with Crippen molar-refractivity contribution in [2.45, 2.75) is 12.8 Å². The van der Waals surface area contributed by atoms with E-state index in [9.17, 15) is 0 Å². The van der Waals surface area contributed by atoms with Gasteiger partial charge in [-0.2, -0.15) is 0 Å². The van der Waals surface area contributed by atoms with E-state index in [0.717, 1.165) is 23.1 Å². The van der Waals surface area contributed by atoms with E-state index in [1.165, 1.54) is 0 Å². The lowest BCUT2D eigenvalue weighted by molar-refractivity contribution is 0.302. The first-order valence-corrected chi connectivity index (χ1v) is 3.74. The Balaban J connectivity index is 2.68. The van der Waals surface area contributed by atoms with Crippen LogP contribution in [0.25, 0.3) is 0 Å². The minimum atomic E-state index is 0.959. The third-order valence-electron chi connectivity index (χ3n) is 1.28. The van der Waals surface area contributed by atoms with Gasteiger partial charge in [-0.3, -0.25) is 0 Å². The molecule has 0 fully saturated rings. The zero-order valence-corrected chi connectivity index (χ0v) is 6.94. The number of methoxy groups -OCH3 is 1. The molecule has 2 heteroatoms. The smallest absolute Gasteiger partial charge is 0.128 e. The van der Waals surface area contributed by atoms with Gasteiger partial charge in [-0.25, -0.2) is 0 Å². The summed E-state index contributed by atoms with van der Waals surface area (Å²) in [5.41, 5.74) is 0. The van der Waals surface area contributed by atoms with Gasteiger partial charge < -0.3 is 4.74 Å². The molecule has 0 atom stereocenters. The maximum absolute atomic E-state index is 5.05. The summed E-state index contributed by atoms with van der Waals surface area (Å²) in [7, 11) is 1.69. The first kappa shape index (κ1) is 6.87. The number of allylic oxidation sites excluding steroid dienone is 3. The van der Waals surface area contributed by atoms with Crippen molar-refractivity contribution in [1.82, 2.24) is 0 Å². The molecule has 0 aromatic rings. The summed E-state index contributed by atoms with van der Waals surface area (Å²) in [6.45, 7) is 0. The molecule has 0 aromatic heterocycles. The van der Waals surface area contributed by atoms with Crippen LogP contribution < -0.4 is 0 Å². The Hall–Kier alpha value is -0.240. The fourth-order valence-electron chi connectivity index (χ4n) is 0.803. The fraction of sp³-hybridized carbons (Fsp3) is 0.429. The topological polar surface area (TPSA) is 9.23 Å². The highest BCUT2D eigenvalue weighted by atomic mass is 79.9. The van der Waals surface area contributed by atoms with Crippen molar-refractivity contribution in [3.63, 3.8) is 0 Å². The van der Waals surface area contributed by atoms with Gasteiger partial charge in [-0.1, -0.05) is 6.08 Å². The van der Waals surface area contributed by atoms with Gasteiger partial charge in [0.1, 0.15) is 5.76 Å². The van der Waals surface area contributed by atoms with E-state index >= 15 is 0 Å². The molecule has 0 spiro atoms. The van der Waals surface area contributed by atoms with Crippen LogP contribution in [-0.4, -0.2) is 7.11 Å². The second-order valence-electron chi connectivity index (χ2n) is 1.90. The molecule has 0 aromatic carbocycles. The second-order valence-corrected chi connectivity index (χ2v) is 2.76. The van der Waals surface area contributed by atoms with E-state index in [1.54, 1.807) is 7.11 Å². The minimum Gasteiger partial charge on any atom is -0.496 e. The second kappa shape index (κ2) is 3.06. The van der Waals surface area contributed by atoms with Crippen LogP contribution in [0.5, 0.6) is 0 Å². The molecule has 0 bridgehead atoms. The van der Waals surface area contributed by atoms with E-state index in [4.69, 9.17) is 4.74 Å². The van der Waals surface area contributed by atoms with Gasteiger partial charge in [-0.05, 0) is 34.8 Å². The van der Waals surface area contributed by atoms with E-state index in [-0.39, 0.29) is 0 Å². The third kappa shape index (κ3) is 1.58. The summed E-state index contributed by atoms with van der Waals surface area (Å²) in [4.78, 5) is 0. The first-order chi connectivity index (χ1) is 4.34. The number of ether oxygens (including phenoxy) is 1. The Morgan fingerprint density at radius 2 is 2.11 bits per heavy atom. The molecule has 1 rings (SSSR count). The monoisotopic (exact) mass is 188 g/mol. The minimum absolute atomic E-state index is 0.959. The molecule has 1 aliphatic carbocycles. The Morgan fingerprint density at radius 1 is 1.44 bits per heavy atom. The van der Waals surface area contributed by atoms with Crippen LogP contribution in [0.1, 0.15) is 12.8 Å². The Labute approximate surface area is 63.5 Å². The van der Waals surface area contributed by atoms with E-state index in [0.29, 0.717) is 0 Å². The predicted molar refractivity (Wildman–Crippen MR) is 41.3 cm³/mol. The Bertz CT molecular complexity index is 158. The number of rotatable bonds is 1. The lowest BCUT2D eigenvalue weighted by Gasteiger charge is -2.08. The van der Waals surface area contributed by atoms with Crippen LogP contribution in [-0.2, 0) is 4.74 Å². The predicted octanol–water partition coefficient (Wildman–Crippen LogP) is 2.59. The maximum atomic E-state index is 5.05. The number of halogens is 1. The average molecular weight is 189 g/mol. The SMILES string of the molecule is COC1=CCCC=C1Br. The van der Waals surface area contributed by atoms with Crippen molar-refractivity contribution in [2.24, 2.45) is 0 Å². The van der Waals surface area contributed by atoms with Crippen LogP contribution in [0.15, 0.2) is 22.4 Å². The lowest BCUT2D eigenvalue weighted by Crippen LogP contribution is -1.90. The quantitative estimate of drug-likeness (QED) is 0.615. The lowest BCUT2D eigenvalue weighted by atomic mass is 10.2. The number of hydrogen-bond donors (Lipinski definition) is 0. The number of hydrogen-bond acceptors (Lipinski definition) is 1. The summed E-state index contributed by atoms with van der Waals surface area (Å²) in [5, 5.41) is 0. The molecular weight excluding hydrogens is 180 g/mol. The molecular formula is C7H9BrO. The van der Waals surface area contributed by atoms with Crippen LogP contribution >= 0.6 is 15.9 Å². The molecule has 0 radical (unpaired) electrons. The van der Waals surface area contributed by atoms with Gasteiger partial charge in [-0.15, -0.1) is 0 Å². The third-order valence-corrected chi connectivity index (χ3v) is 1.99. The zero-order chi connectivity index (χ0) is 6.69. The summed E-state index contributed by atoms with van der Waals surface area (Å²) in [6, 6.07) is 0. The molecule has 0 N–H and O–H groups in total. The Kier molecular flexibility index (Phi) is 2.34. The van der Waals surface area contributed by atoms with Gasteiger partial charge >= 0.3 is 0 Å². The van der Waals surface area contributed by atoms with Crippen LogP contribution in [0.3, 0.4) is 0 Å². The van der Waals surface area contributed by atoms with Crippen LogP contribution in [0.4, 0.5) is 0 Å². The molecule has 1 aliphatic rings. The fourth-order valence-corrected chi connectivity index (χ4v) is 1.36. The highest BCUT2D eigenvalue weighted by molar-refractivity contribution is 9.11. The molecule has 0 saturated carbocycles. The van der Waals surface area contributed by atoms with Gasteiger partial charge in [0.15, 0.2) is 0 Å². The summed E-state index contributed by atoms with van der Waals surface area (Å²) >= 11 is 3.38. The van der Waals surface area contributed by atoms with Gasteiger partial charge in [0.25, 0.3) is 0 Å². The average Bonchev–Trinajstić information content (AvgIpc) is 1.89. The van der Waals surface area contributed by atoms with Crippen molar-refractivity contribution in [3.8, 4) is 0 Å². The van der Waals surface area contributed by atoms with Crippen LogP contribution in [0.2, 0.25) is 0 Å². The van der Waals surface area contributed by atoms with Crippen molar-refractivity contribution < 1.29 is 4.74 Å². The van der Waals surface area contributed by atoms with Crippen molar-refractivity contribution >= 4 is 15.9 Å². The Morgan fingerprint density at radius 3 is 2.56 bits per heavy atom. The van der Waals surface area contributed by atoms with E-state index in [1.807, 2.05) is 0 Å². The maximum Gasteiger partial charge on any atom is 0.128 e. The first-order valence-electron chi connectivity index (χ1n) is 2.95. The van der Waals surface area contributed by atoms with Gasteiger partial charge in [0, 0.05) is 0 Å². The van der Waals surface area contributed by atoms with Crippen molar-refractivity contribution in [2.75, 3.05) is 7.11 Å². The molecule has 0 aliphatic heterocycles. The molecule has 50 valence electrons. The standard InChI is InChI=1S/C7H9BrO/c1-9-7-5-3-2-4-6(7)8/h4-5H,2-3H2,1H3. The largest absolute Gasteiger partial charge is 0.496 e. The highest BCUT2D eigenvalue weighted by Gasteiger charge is 2.03. The zero-order valence-electron chi connectivity index (χ0n) is 5.36. The molecule has 0 heterocycles. The van der Waals surface area contributed by atoms with Crippen molar-refractivity contribution in [1.29, 1.82) is 0 Å². The summed E-state index contributed by atoms with van der Waals surface area (Å²) in [6.07, 6.45) is 6.43. The highest BCUT2D eigenvalue weighted by Crippen LogP contribution is 2.23. The van der Waals surface area contributed by atoms with Gasteiger partial charge in [0.2, 0.25) is 0 Å². The molecule has 1 nitrogen and oxygen atoms in total. The van der Waals surface area contributed by atoms with E-state index in [2.05, 4.69) is 28.1 Å².